The zero-order valence-corrected chi connectivity index (χ0v) is 14.0. The molecule has 4 heteroatoms. The summed E-state index contributed by atoms with van der Waals surface area (Å²) in [6.07, 6.45) is 9.33. The van der Waals surface area contributed by atoms with Crippen LogP contribution in [0.5, 0.6) is 5.75 Å². The van der Waals surface area contributed by atoms with Crippen molar-refractivity contribution in [2.24, 2.45) is 0 Å². The lowest BCUT2D eigenvalue weighted by molar-refractivity contribution is 0.0973. The molecule has 1 aromatic heterocycles. The van der Waals surface area contributed by atoms with Gasteiger partial charge in [0.1, 0.15) is 11.4 Å². The zero-order chi connectivity index (χ0) is 14.8. The van der Waals surface area contributed by atoms with Crippen molar-refractivity contribution in [3.8, 4) is 5.75 Å². The van der Waals surface area contributed by atoms with Crippen LogP contribution in [0.15, 0.2) is 16.7 Å². The lowest BCUT2D eigenvalue weighted by Crippen LogP contribution is -2.03. The van der Waals surface area contributed by atoms with Gasteiger partial charge in [-0.05, 0) is 29.3 Å². The molecule has 0 aromatic carbocycles. The SMILES string of the molecule is CCCCCCCCC(=O)c1cc(OCC)c(Br)cn1. The minimum Gasteiger partial charge on any atom is -0.493 e. The Morgan fingerprint density at radius 1 is 1.20 bits per heavy atom. The van der Waals surface area contributed by atoms with Crippen molar-refractivity contribution in [1.82, 2.24) is 4.98 Å². The Morgan fingerprint density at radius 2 is 1.90 bits per heavy atom. The van der Waals surface area contributed by atoms with Crippen LogP contribution in [0.1, 0.15) is 69.3 Å². The number of unbranched alkanes of at least 4 members (excludes halogenated alkanes) is 5. The summed E-state index contributed by atoms with van der Waals surface area (Å²) in [4.78, 5) is 16.2. The van der Waals surface area contributed by atoms with E-state index in [-0.39, 0.29) is 5.78 Å². The van der Waals surface area contributed by atoms with Gasteiger partial charge in [-0.25, -0.2) is 0 Å². The van der Waals surface area contributed by atoms with Crippen molar-refractivity contribution >= 4 is 21.7 Å². The molecule has 1 rings (SSSR count). The number of nitrogens with zero attached hydrogens (tertiary/aromatic N) is 1. The number of rotatable bonds is 10. The fourth-order valence-corrected chi connectivity index (χ4v) is 2.36. The molecule has 0 atom stereocenters. The summed E-state index contributed by atoms with van der Waals surface area (Å²) >= 11 is 3.37. The molecule has 112 valence electrons. The molecule has 0 bridgehead atoms. The minimum atomic E-state index is 0.106. The van der Waals surface area contributed by atoms with Crippen molar-refractivity contribution in [2.75, 3.05) is 6.61 Å². The average Bonchev–Trinajstić information content (AvgIpc) is 2.45. The molecule has 0 radical (unpaired) electrons. The van der Waals surface area contributed by atoms with Crippen LogP contribution in [0.3, 0.4) is 0 Å². The summed E-state index contributed by atoms with van der Waals surface area (Å²) in [5.74, 6) is 0.794. The molecule has 0 aliphatic heterocycles. The lowest BCUT2D eigenvalue weighted by Gasteiger charge is -2.07. The van der Waals surface area contributed by atoms with Crippen LogP contribution in [0.25, 0.3) is 0 Å². The third-order valence-electron chi connectivity index (χ3n) is 3.16. The Labute approximate surface area is 130 Å². The second kappa shape index (κ2) is 9.92. The summed E-state index contributed by atoms with van der Waals surface area (Å²) in [6.45, 7) is 4.71. The third kappa shape index (κ3) is 6.04. The molecule has 3 nitrogen and oxygen atoms in total. The molecule has 20 heavy (non-hydrogen) atoms. The third-order valence-corrected chi connectivity index (χ3v) is 3.76. The van der Waals surface area contributed by atoms with Crippen LogP contribution in [0.4, 0.5) is 0 Å². The number of pyridine rings is 1. The number of ketones is 1. The molecule has 0 saturated carbocycles. The van der Waals surface area contributed by atoms with E-state index in [9.17, 15) is 4.79 Å². The van der Waals surface area contributed by atoms with E-state index < -0.39 is 0 Å². The molecule has 1 heterocycles. The van der Waals surface area contributed by atoms with Gasteiger partial charge in [0.2, 0.25) is 0 Å². The summed E-state index contributed by atoms with van der Waals surface area (Å²) < 4.78 is 6.25. The van der Waals surface area contributed by atoms with Crippen LogP contribution in [0.2, 0.25) is 0 Å². The van der Waals surface area contributed by atoms with Gasteiger partial charge in [-0.2, -0.15) is 0 Å². The maximum Gasteiger partial charge on any atom is 0.181 e. The molecule has 0 aliphatic carbocycles. The van der Waals surface area contributed by atoms with Crippen molar-refractivity contribution in [3.05, 3.63) is 22.4 Å². The second-order valence-electron chi connectivity index (χ2n) is 4.87. The predicted octanol–water partition coefficient (Wildman–Crippen LogP) is 5.18. The van der Waals surface area contributed by atoms with Gasteiger partial charge in [0.25, 0.3) is 0 Å². The highest BCUT2D eigenvalue weighted by atomic mass is 79.9. The first-order chi connectivity index (χ1) is 9.69. The Kier molecular flexibility index (Phi) is 8.51. The van der Waals surface area contributed by atoms with Gasteiger partial charge in [0.15, 0.2) is 5.78 Å². The Balaban J connectivity index is 2.41. The Hall–Kier alpha value is -0.900. The quantitative estimate of drug-likeness (QED) is 0.435. The van der Waals surface area contributed by atoms with Crippen LogP contribution in [-0.4, -0.2) is 17.4 Å². The van der Waals surface area contributed by atoms with Crippen LogP contribution >= 0.6 is 15.9 Å². The molecule has 0 aliphatic rings. The van der Waals surface area contributed by atoms with E-state index in [4.69, 9.17) is 4.74 Å². The van der Waals surface area contributed by atoms with Gasteiger partial charge in [0, 0.05) is 18.7 Å². The van der Waals surface area contributed by atoms with Gasteiger partial charge < -0.3 is 4.74 Å². The summed E-state index contributed by atoms with van der Waals surface area (Å²) in [7, 11) is 0. The van der Waals surface area contributed by atoms with E-state index in [1.165, 1.54) is 25.7 Å². The summed E-state index contributed by atoms with van der Waals surface area (Å²) in [5.41, 5.74) is 0.505. The highest BCUT2D eigenvalue weighted by molar-refractivity contribution is 9.10. The van der Waals surface area contributed by atoms with Crippen LogP contribution in [-0.2, 0) is 0 Å². The van der Waals surface area contributed by atoms with E-state index >= 15 is 0 Å². The molecule has 0 N–H and O–H groups in total. The first-order valence-electron chi connectivity index (χ1n) is 7.50. The Morgan fingerprint density at radius 3 is 2.60 bits per heavy atom. The standard InChI is InChI=1S/C16H24BrNO2/c1-3-5-6-7-8-9-10-15(19)14-11-16(20-4-2)13(17)12-18-14/h11-12H,3-10H2,1-2H3. The van der Waals surface area contributed by atoms with E-state index in [0.29, 0.717) is 24.5 Å². The average molecular weight is 342 g/mol. The number of carbonyl (C=O) groups excluding carboxylic acids is 1. The number of Topliss-reactive ketones (excluding diaryl/α,β-unsaturated/α-hetero) is 1. The molecule has 0 spiro atoms. The van der Waals surface area contributed by atoms with Gasteiger partial charge in [0.05, 0.1) is 11.1 Å². The highest BCUT2D eigenvalue weighted by Crippen LogP contribution is 2.25. The first kappa shape index (κ1) is 17.2. The van der Waals surface area contributed by atoms with Crippen LogP contribution < -0.4 is 4.74 Å². The summed E-state index contributed by atoms with van der Waals surface area (Å²) in [5, 5.41) is 0. The van der Waals surface area contributed by atoms with E-state index in [1.54, 1.807) is 12.3 Å². The smallest absolute Gasteiger partial charge is 0.181 e. The van der Waals surface area contributed by atoms with Crippen molar-refractivity contribution in [1.29, 1.82) is 0 Å². The van der Waals surface area contributed by atoms with Crippen molar-refractivity contribution in [3.63, 3.8) is 0 Å². The highest BCUT2D eigenvalue weighted by Gasteiger charge is 2.10. The maximum absolute atomic E-state index is 12.1. The molecule has 0 fully saturated rings. The number of ether oxygens (including phenoxy) is 1. The van der Waals surface area contributed by atoms with Crippen molar-refractivity contribution < 1.29 is 9.53 Å². The molecule has 0 amide bonds. The van der Waals surface area contributed by atoms with Crippen molar-refractivity contribution in [2.45, 2.75) is 58.8 Å². The Bertz CT molecular complexity index is 421. The molecule has 0 saturated heterocycles. The zero-order valence-electron chi connectivity index (χ0n) is 12.5. The summed E-state index contributed by atoms with van der Waals surface area (Å²) in [6, 6.07) is 1.73. The van der Waals surface area contributed by atoms with E-state index in [1.807, 2.05) is 6.92 Å². The van der Waals surface area contributed by atoms with Gasteiger partial charge in [-0.1, -0.05) is 39.0 Å². The number of aromatic nitrogens is 1. The second-order valence-corrected chi connectivity index (χ2v) is 5.73. The molecular weight excluding hydrogens is 318 g/mol. The number of hydrogen-bond acceptors (Lipinski definition) is 3. The largest absolute Gasteiger partial charge is 0.493 e. The predicted molar refractivity (Wildman–Crippen MR) is 85.4 cm³/mol. The number of halogens is 1. The number of carbonyl (C=O) groups is 1. The lowest BCUT2D eigenvalue weighted by atomic mass is 10.1. The number of hydrogen-bond donors (Lipinski definition) is 0. The van der Waals surface area contributed by atoms with Gasteiger partial charge in [-0.15, -0.1) is 0 Å². The van der Waals surface area contributed by atoms with Gasteiger partial charge in [-0.3, -0.25) is 9.78 Å². The molecule has 1 aromatic rings. The normalized spacial score (nSPS) is 10.6. The minimum absolute atomic E-state index is 0.106. The van der Waals surface area contributed by atoms with Gasteiger partial charge >= 0.3 is 0 Å². The molecular formula is C16H24BrNO2. The molecule has 0 unspecified atom stereocenters. The van der Waals surface area contributed by atoms with Crippen LogP contribution in [0, 0.1) is 0 Å². The fourth-order valence-electron chi connectivity index (χ4n) is 2.03. The fraction of sp³-hybridized carbons (Fsp3) is 0.625. The van der Waals surface area contributed by atoms with E-state index in [2.05, 4.69) is 27.8 Å². The van der Waals surface area contributed by atoms with E-state index in [0.717, 1.165) is 17.3 Å². The maximum atomic E-state index is 12.1. The topological polar surface area (TPSA) is 39.2 Å². The first-order valence-corrected chi connectivity index (χ1v) is 8.29. The monoisotopic (exact) mass is 341 g/mol.